The summed E-state index contributed by atoms with van der Waals surface area (Å²) < 4.78 is 26.8. The van der Waals surface area contributed by atoms with E-state index in [1.54, 1.807) is 6.07 Å². The standard InChI is InChI=1S/C9H12N2O2S/c1-8-3-2-4-9(7-8)11-6-5-10-14(11,12)13/h2-4,7,10H,5-6H2,1H3. The van der Waals surface area contributed by atoms with Gasteiger partial charge in [-0.2, -0.15) is 13.1 Å². The molecule has 4 nitrogen and oxygen atoms in total. The number of benzene rings is 1. The maximum Gasteiger partial charge on any atom is 0.301 e. The summed E-state index contributed by atoms with van der Waals surface area (Å²) in [5, 5.41) is 0. The molecule has 1 heterocycles. The fourth-order valence-corrected chi connectivity index (χ4v) is 2.75. The van der Waals surface area contributed by atoms with Crippen LogP contribution < -0.4 is 9.03 Å². The normalized spacial score (nSPS) is 19.9. The van der Waals surface area contributed by atoms with Gasteiger partial charge in [-0.05, 0) is 24.6 Å². The Bertz CT molecular complexity index is 442. The minimum absolute atomic E-state index is 0.482. The SMILES string of the molecule is Cc1cccc(N2CCNS2(=O)=O)c1. The van der Waals surface area contributed by atoms with E-state index in [9.17, 15) is 8.42 Å². The van der Waals surface area contributed by atoms with Crippen molar-refractivity contribution in [3.63, 3.8) is 0 Å². The van der Waals surface area contributed by atoms with Crippen molar-refractivity contribution >= 4 is 15.9 Å². The van der Waals surface area contributed by atoms with Crippen molar-refractivity contribution in [1.29, 1.82) is 0 Å². The Balaban J connectivity index is 2.41. The van der Waals surface area contributed by atoms with Gasteiger partial charge in [-0.3, -0.25) is 4.31 Å². The van der Waals surface area contributed by atoms with Crippen LogP contribution in [0.25, 0.3) is 0 Å². The highest BCUT2D eigenvalue weighted by atomic mass is 32.2. The van der Waals surface area contributed by atoms with Crippen molar-refractivity contribution < 1.29 is 8.42 Å². The van der Waals surface area contributed by atoms with Gasteiger partial charge in [-0.25, -0.2) is 0 Å². The second-order valence-corrected chi connectivity index (χ2v) is 4.99. The van der Waals surface area contributed by atoms with Crippen LogP contribution in [0.5, 0.6) is 0 Å². The number of hydrogen-bond acceptors (Lipinski definition) is 2. The van der Waals surface area contributed by atoms with E-state index in [0.29, 0.717) is 13.1 Å². The summed E-state index contributed by atoms with van der Waals surface area (Å²) in [4.78, 5) is 0. The zero-order valence-electron chi connectivity index (χ0n) is 7.90. The fourth-order valence-electron chi connectivity index (χ4n) is 1.53. The van der Waals surface area contributed by atoms with Crippen LogP contribution in [0.1, 0.15) is 5.56 Å². The summed E-state index contributed by atoms with van der Waals surface area (Å²) in [6.07, 6.45) is 0. The molecule has 0 atom stereocenters. The van der Waals surface area contributed by atoms with Crippen LogP contribution in [-0.4, -0.2) is 21.5 Å². The molecule has 0 bridgehead atoms. The van der Waals surface area contributed by atoms with E-state index < -0.39 is 10.2 Å². The highest BCUT2D eigenvalue weighted by Crippen LogP contribution is 2.20. The Morgan fingerprint density at radius 3 is 2.79 bits per heavy atom. The van der Waals surface area contributed by atoms with Crippen molar-refractivity contribution in [3.05, 3.63) is 29.8 Å². The maximum absolute atomic E-state index is 11.5. The topological polar surface area (TPSA) is 49.4 Å². The lowest BCUT2D eigenvalue weighted by atomic mass is 10.2. The van der Waals surface area contributed by atoms with Crippen molar-refractivity contribution in [2.75, 3.05) is 17.4 Å². The Morgan fingerprint density at radius 2 is 2.21 bits per heavy atom. The van der Waals surface area contributed by atoms with Gasteiger partial charge >= 0.3 is 10.2 Å². The molecule has 0 saturated carbocycles. The van der Waals surface area contributed by atoms with Crippen LogP contribution >= 0.6 is 0 Å². The number of hydrogen-bond donors (Lipinski definition) is 1. The molecule has 0 radical (unpaired) electrons. The van der Waals surface area contributed by atoms with Crippen molar-refractivity contribution in [2.24, 2.45) is 0 Å². The minimum atomic E-state index is -3.27. The Labute approximate surface area is 83.7 Å². The van der Waals surface area contributed by atoms with Gasteiger partial charge < -0.3 is 0 Å². The van der Waals surface area contributed by atoms with Crippen molar-refractivity contribution in [2.45, 2.75) is 6.92 Å². The van der Waals surface area contributed by atoms with E-state index in [0.717, 1.165) is 11.3 Å². The molecule has 1 fully saturated rings. The molecule has 0 aliphatic carbocycles. The molecular weight excluding hydrogens is 200 g/mol. The van der Waals surface area contributed by atoms with Gasteiger partial charge in [0.05, 0.1) is 5.69 Å². The smallest absolute Gasteiger partial charge is 0.257 e. The predicted molar refractivity (Wildman–Crippen MR) is 55.4 cm³/mol. The molecule has 5 heteroatoms. The van der Waals surface area contributed by atoms with Gasteiger partial charge in [-0.15, -0.1) is 0 Å². The summed E-state index contributed by atoms with van der Waals surface area (Å²) in [6, 6.07) is 7.47. The summed E-state index contributed by atoms with van der Waals surface area (Å²) in [6.45, 7) is 2.93. The fraction of sp³-hybridized carbons (Fsp3) is 0.333. The lowest BCUT2D eigenvalue weighted by molar-refractivity contribution is 0.592. The van der Waals surface area contributed by atoms with Crippen molar-refractivity contribution in [3.8, 4) is 0 Å². The van der Waals surface area contributed by atoms with E-state index in [2.05, 4.69) is 4.72 Å². The minimum Gasteiger partial charge on any atom is -0.257 e. The van der Waals surface area contributed by atoms with Gasteiger partial charge in [0.15, 0.2) is 0 Å². The molecule has 2 rings (SSSR count). The molecule has 76 valence electrons. The molecule has 1 aliphatic heterocycles. The average Bonchev–Trinajstić information content (AvgIpc) is 2.45. The lowest BCUT2D eigenvalue weighted by Gasteiger charge is -2.15. The lowest BCUT2D eigenvalue weighted by Crippen LogP contribution is -2.29. The zero-order chi connectivity index (χ0) is 10.2. The Hall–Kier alpha value is -1.07. The van der Waals surface area contributed by atoms with Crippen LogP contribution in [0, 0.1) is 6.92 Å². The molecule has 0 aromatic heterocycles. The molecular formula is C9H12N2O2S. The number of anilines is 1. The van der Waals surface area contributed by atoms with Gasteiger partial charge in [0.25, 0.3) is 0 Å². The summed E-state index contributed by atoms with van der Waals surface area (Å²) in [7, 11) is -3.27. The van der Waals surface area contributed by atoms with Crippen LogP contribution in [0.2, 0.25) is 0 Å². The zero-order valence-corrected chi connectivity index (χ0v) is 8.71. The predicted octanol–water partition coefficient (Wildman–Crippen LogP) is 0.649. The first-order valence-electron chi connectivity index (χ1n) is 4.43. The van der Waals surface area contributed by atoms with Crippen LogP contribution in [0.15, 0.2) is 24.3 Å². The van der Waals surface area contributed by atoms with E-state index in [4.69, 9.17) is 0 Å². The summed E-state index contributed by atoms with van der Waals surface area (Å²) >= 11 is 0. The molecule has 0 amide bonds. The third-order valence-corrected chi connectivity index (χ3v) is 3.72. The molecule has 0 unspecified atom stereocenters. The largest absolute Gasteiger partial charge is 0.301 e. The van der Waals surface area contributed by atoms with Crippen LogP contribution in [-0.2, 0) is 10.2 Å². The molecule has 1 aromatic rings. The van der Waals surface area contributed by atoms with Gasteiger partial charge in [-0.1, -0.05) is 12.1 Å². The third-order valence-electron chi connectivity index (χ3n) is 2.18. The van der Waals surface area contributed by atoms with Gasteiger partial charge in [0, 0.05) is 13.1 Å². The van der Waals surface area contributed by atoms with Gasteiger partial charge in [0.2, 0.25) is 0 Å². The van der Waals surface area contributed by atoms with Crippen LogP contribution in [0.3, 0.4) is 0 Å². The van der Waals surface area contributed by atoms with E-state index in [-0.39, 0.29) is 0 Å². The summed E-state index contributed by atoms with van der Waals surface area (Å²) in [5.41, 5.74) is 1.79. The molecule has 0 spiro atoms. The number of aryl methyl sites for hydroxylation is 1. The first-order chi connectivity index (χ1) is 6.59. The molecule has 14 heavy (non-hydrogen) atoms. The third kappa shape index (κ3) is 1.60. The first-order valence-corrected chi connectivity index (χ1v) is 5.87. The molecule has 1 aromatic carbocycles. The maximum atomic E-state index is 11.5. The van der Waals surface area contributed by atoms with E-state index in [1.807, 2.05) is 25.1 Å². The molecule has 1 N–H and O–H groups in total. The first kappa shape index (κ1) is 9.48. The Kier molecular flexibility index (Phi) is 2.20. The Morgan fingerprint density at radius 1 is 1.43 bits per heavy atom. The summed E-state index contributed by atoms with van der Waals surface area (Å²) in [5.74, 6) is 0. The average molecular weight is 212 g/mol. The number of nitrogens with one attached hydrogen (secondary N) is 1. The van der Waals surface area contributed by atoms with Gasteiger partial charge in [0.1, 0.15) is 0 Å². The van der Waals surface area contributed by atoms with E-state index >= 15 is 0 Å². The second-order valence-electron chi connectivity index (χ2n) is 3.31. The molecule has 1 aliphatic rings. The monoisotopic (exact) mass is 212 g/mol. The van der Waals surface area contributed by atoms with Crippen LogP contribution in [0.4, 0.5) is 5.69 Å². The highest BCUT2D eigenvalue weighted by molar-refractivity contribution is 7.91. The highest BCUT2D eigenvalue weighted by Gasteiger charge is 2.27. The molecule has 1 saturated heterocycles. The van der Waals surface area contributed by atoms with Crippen molar-refractivity contribution in [1.82, 2.24) is 4.72 Å². The quantitative estimate of drug-likeness (QED) is 0.743. The number of nitrogens with zero attached hydrogens (tertiary/aromatic N) is 1. The number of rotatable bonds is 1. The van der Waals surface area contributed by atoms with E-state index in [1.165, 1.54) is 4.31 Å². The second kappa shape index (κ2) is 3.25.